The number of carbonyl (C=O) groups is 2. The Bertz CT molecular complexity index is 448. The maximum atomic E-state index is 12.7. The van der Waals surface area contributed by atoms with Crippen molar-refractivity contribution in [3.8, 4) is 0 Å². The van der Waals surface area contributed by atoms with Gasteiger partial charge in [-0.2, -0.15) is 0 Å². The summed E-state index contributed by atoms with van der Waals surface area (Å²) in [5.41, 5.74) is -0.125. The predicted molar refractivity (Wildman–Crippen MR) is 92.5 cm³/mol. The van der Waals surface area contributed by atoms with Crippen LogP contribution in [0.15, 0.2) is 0 Å². The maximum Gasteiger partial charge on any atom is 0.246 e. The van der Waals surface area contributed by atoms with Gasteiger partial charge in [-0.3, -0.25) is 9.59 Å². The number of ether oxygens (including phenoxy) is 1. The fourth-order valence-corrected chi connectivity index (χ4v) is 4.48. The molecule has 5 heteroatoms. The Hall–Kier alpha value is -1.10. The lowest BCUT2D eigenvalue weighted by molar-refractivity contribution is -0.138. The normalized spacial score (nSPS) is 24.6. The smallest absolute Gasteiger partial charge is 0.246 e. The first kappa shape index (κ1) is 17.7. The monoisotopic (exact) mass is 336 g/mol. The molecule has 1 heterocycles. The molecular formula is C19H32N2O3. The van der Waals surface area contributed by atoms with Crippen molar-refractivity contribution in [2.24, 2.45) is 11.8 Å². The number of piperidine rings is 1. The molecule has 2 amide bonds. The molecule has 0 unspecified atom stereocenters. The van der Waals surface area contributed by atoms with E-state index in [1.54, 1.807) is 7.11 Å². The molecule has 2 aliphatic carbocycles. The van der Waals surface area contributed by atoms with E-state index in [4.69, 9.17) is 4.74 Å². The lowest BCUT2D eigenvalue weighted by Gasteiger charge is -2.43. The summed E-state index contributed by atoms with van der Waals surface area (Å²) in [5, 5.41) is 3.24. The number of hydrogen-bond donors (Lipinski definition) is 1. The third kappa shape index (κ3) is 4.50. The second kappa shape index (κ2) is 7.85. The van der Waals surface area contributed by atoms with Gasteiger partial charge in [0.1, 0.15) is 6.61 Å². The standard InChI is InChI=1S/C19H32N2O3/c1-24-14-17(22)20-19(13-15-7-8-15)9-11-21(12-10-19)18(23)16-5-3-2-4-6-16/h15-16H,2-14H2,1H3,(H,20,22). The van der Waals surface area contributed by atoms with E-state index in [-0.39, 0.29) is 24.0 Å². The fraction of sp³-hybridized carbons (Fsp3) is 0.895. The van der Waals surface area contributed by atoms with Crippen LogP contribution in [-0.4, -0.2) is 49.1 Å². The third-order valence-electron chi connectivity index (χ3n) is 6.04. The Morgan fingerprint density at radius 1 is 1.08 bits per heavy atom. The Morgan fingerprint density at radius 2 is 1.75 bits per heavy atom. The average molecular weight is 336 g/mol. The van der Waals surface area contributed by atoms with Gasteiger partial charge in [-0.05, 0) is 38.0 Å². The van der Waals surface area contributed by atoms with E-state index in [1.807, 2.05) is 0 Å². The Labute approximate surface area is 145 Å². The minimum atomic E-state index is -0.125. The molecule has 0 aromatic heterocycles. The minimum absolute atomic E-state index is 0.0230. The van der Waals surface area contributed by atoms with Gasteiger partial charge in [-0.15, -0.1) is 0 Å². The van der Waals surface area contributed by atoms with Crippen LogP contribution in [0, 0.1) is 11.8 Å². The van der Waals surface area contributed by atoms with Crippen LogP contribution in [0.3, 0.4) is 0 Å². The topological polar surface area (TPSA) is 58.6 Å². The molecule has 0 atom stereocenters. The van der Waals surface area contributed by atoms with Crippen LogP contribution >= 0.6 is 0 Å². The first-order chi connectivity index (χ1) is 11.6. The average Bonchev–Trinajstić information content (AvgIpc) is 3.39. The molecule has 0 aromatic rings. The molecule has 3 rings (SSSR count). The van der Waals surface area contributed by atoms with E-state index in [2.05, 4.69) is 10.2 Å². The molecule has 24 heavy (non-hydrogen) atoms. The molecule has 136 valence electrons. The lowest BCUT2D eigenvalue weighted by atomic mass is 9.81. The van der Waals surface area contributed by atoms with Crippen LogP contribution in [0.2, 0.25) is 0 Å². The Balaban J connectivity index is 1.56. The zero-order chi connectivity index (χ0) is 17.0. The van der Waals surface area contributed by atoms with Gasteiger partial charge in [0.25, 0.3) is 0 Å². The van der Waals surface area contributed by atoms with Gasteiger partial charge in [0.05, 0.1) is 0 Å². The zero-order valence-electron chi connectivity index (χ0n) is 15.0. The summed E-state index contributed by atoms with van der Waals surface area (Å²) < 4.78 is 4.97. The highest BCUT2D eigenvalue weighted by atomic mass is 16.5. The van der Waals surface area contributed by atoms with Gasteiger partial charge in [-0.1, -0.05) is 32.1 Å². The quantitative estimate of drug-likeness (QED) is 0.811. The van der Waals surface area contributed by atoms with Gasteiger partial charge in [0.2, 0.25) is 11.8 Å². The van der Waals surface area contributed by atoms with E-state index in [9.17, 15) is 9.59 Å². The van der Waals surface area contributed by atoms with Crippen molar-refractivity contribution in [2.45, 2.75) is 69.7 Å². The van der Waals surface area contributed by atoms with Crippen molar-refractivity contribution in [3.63, 3.8) is 0 Å². The molecule has 1 N–H and O–H groups in total. The first-order valence-corrected chi connectivity index (χ1v) is 9.71. The van der Waals surface area contributed by atoms with Crippen LogP contribution in [-0.2, 0) is 14.3 Å². The number of methoxy groups -OCH3 is 1. The second-order valence-electron chi connectivity index (χ2n) is 8.07. The summed E-state index contributed by atoms with van der Waals surface area (Å²) >= 11 is 0. The van der Waals surface area contributed by atoms with Crippen LogP contribution in [0.5, 0.6) is 0 Å². The number of carbonyl (C=O) groups excluding carboxylic acids is 2. The van der Waals surface area contributed by atoms with Crippen LogP contribution in [0.25, 0.3) is 0 Å². The highest BCUT2D eigenvalue weighted by Gasteiger charge is 2.42. The molecule has 5 nitrogen and oxygen atoms in total. The number of rotatable bonds is 6. The van der Waals surface area contributed by atoms with Gasteiger partial charge < -0.3 is 15.0 Å². The van der Waals surface area contributed by atoms with Gasteiger partial charge in [0.15, 0.2) is 0 Å². The van der Waals surface area contributed by atoms with Crippen molar-refractivity contribution in [1.82, 2.24) is 10.2 Å². The highest BCUT2D eigenvalue weighted by Crippen LogP contribution is 2.41. The molecule has 1 saturated heterocycles. The number of nitrogens with one attached hydrogen (secondary N) is 1. The van der Waals surface area contributed by atoms with Crippen molar-refractivity contribution >= 4 is 11.8 Å². The first-order valence-electron chi connectivity index (χ1n) is 9.71. The molecule has 2 saturated carbocycles. The molecule has 3 fully saturated rings. The summed E-state index contributed by atoms with van der Waals surface area (Å²) in [5.74, 6) is 1.34. The SMILES string of the molecule is COCC(=O)NC1(CC2CC2)CCN(C(=O)C2CCCCC2)CC1. The van der Waals surface area contributed by atoms with E-state index >= 15 is 0 Å². The maximum absolute atomic E-state index is 12.7. The van der Waals surface area contributed by atoms with Crippen LogP contribution in [0.1, 0.15) is 64.2 Å². The fourth-order valence-electron chi connectivity index (χ4n) is 4.48. The summed E-state index contributed by atoms with van der Waals surface area (Å²) in [6, 6.07) is 0. The number of likely N-dealkylation sites (tertiary alicyclic amines) is 1. The second-order valence-corrected chi connectivity index (χ2v) is 8.07. The van der Waals surface area contributed by atoms with Gasteiger partial charge in [-0.25, -0.2) is 0 Å². The lowest BCUT2D eigenvalue weighted by Crippen LogP contribution is -2.57. The van der Waals surface area contributed by atoms with E-state index in [1.165, 1.54) is 32.1 Å². The third-order valence-corrected chi connectivity index (χ3v) is 6.04. The Kier molecular flexibility index (Phi) is 5.80. The number of amides is 2. The zero-order valence-corrected chi connectivity index (χ0v) is 15.0. The van der Waals surface area contributed by atoms with Gasteiger partial charge in [0, 0.05) is 31.7 Å². The minimum Gasteiger partial charge on any atom is -0.375 e. The molecule has 0 aromatic carbocycles. The highest BCUT2D eigenvalue weighted by molar-refractivity contribution is 5.79. The van der Waals surface area contributed by atoms with Crippen molar-refractivity contribution < 1.29 is 14.3 Å². The Morgan fingerprint density at radius 3 is 2.33 bits per heavy atom. The molecular weight excluding hydrogens is 304 g/mol. The van der Waals surface area contributed by atoms with Gasteiger partial charge >= 0.3 is 0 Å². The molecule has 0 spiro atoms. The molecule has 1 aliphatic heterocycles. The van der Waals surface area contributed by atoms with Crippen LogP contribution < -0.4 is 5.32 Å². The largest absolute Gasteiger partial charge is 0.375 e. The van der Waals surface area contributed by atoms with Crippen molar-refractivity contribution in [3.05, 3.63) is 0 Å². The molecule has 3 aliphatic rings. The summed E-state index contributed by atoms with van der Waals surface area (Å²) in [7, 11) is 1.55. The van der Waals surface area contributed by atoms with E-state index in [0.717, 1.165) is 51.1 Å². The number of nitrogens with zero attached hydrogens (tertiary/aromatic N) is 1. The summed E-state index contributed by atoms with van der Waals surface area (Å²) in [6.45, 7) is 1.70. The summed E-state index contributed by atoms with van der Waals surface area (Å²) in [6.07, 6.45) is 11.2. The van der Waals surface area contributed by atoms with E-state index < -0.39 is 0 Å². The summed E-state index contributed by atoms with van der Waals surface area (Å²) in [4.78, 5) is 26.9. The number of hydrogen-bond acceptors (Lipinski definition) is 3. The predicted octanol–water partition coefficient (Wildman–Crippen LogP) is 2.49. The van der Waals surface area contributed by atoms with E-state index in [0.29, 0.717) is 5.91 Å². The van der Waals surface area contributed by atoms with Crippen LogP contribution in [0.4, 0.5) is 0 Å². The molecule has 0 bridgehead atoms. The van der Waals surface area contributed by atoms with Crippen molar-refractivity contribution in [1.29, 1.82) is 0 Å². The molecule has 0 radical (unpaired) electrons. The van der Waals surface area contributed by atoms with Crippen molar-refractivity contribution in [2.75, 3.05) is 26.8 Å².